The number of carbonyl (C=O) groups is 2. The van der Waals surface area contributed by atoms with Crippen molar-refractivity contribution in [3.8, 4) is 5.75 Å². The van der Waals surface area contributed by atoms with Crippen LogP contribution in [0.1, 0.15) is 13.3 Å². The average molecular weight is 428 g/mol. The van der Waals surface area contributed by atoms with Gasteiger partial charge in [0.15, 0.2) is 6.61 Å². The van der Waals surface area contributed by atoms with Crippen LogP contribution in [0, 0.1) is 5.92 Å². The van der Waals surface area contributed by atoms with Gasteiger partial charge in [-0.25, -0.2) is 4.79 Å². The van der Waals surface area contributed by atoms with Gasteiger partial charge in [0.2, 0.25) is 5.91 Å². The van der Waals surface area contributed by atoms with E-state index in [9.17, 15) is 22.8 Å². The molecule has 2 saturated heterocycles. The highest BCUT2D eigenvalue weighted by atomic mass is 19.4. The minimum atomic E-state index is -4.38. The third-order valence-corrected chi connectivity index (χ3v) is 5.32. The second-order valence-electron chi connectivity index (χ2n) is 7.63. The van der Waals surface area contributed by atoms with E-state index in [0.29, 0.717) is 38.3 Å². The van der Waals surface area contributed by atoms with Crippen LogP contribution < -0.4 is 15.0 Å². The molecule has 7 nitrogen and oxygen atoms in total. The number of rotatable bonds is 7. The van der Waals surface area contributed by atoms with E-state index in [2.05, 4.69) is 10.2 Å². The molecule has 0 radical (unpaired) electrons. The van der Waals surface area contributed by atoms with Crippen LogP contribution in [0.5, 0.6) is 5.75 Å². The van der Waals surface area contributed by atoms with Crippen molar-refractivity contribution in [3.63, 3.8) is 0 Å². The highest BCUT2D eigenvalue weighted by Gasteiger charge is 2.31. The summed E-state index contributed by atoms with van der Waals surface area (Å²) >= 11 is 0. The number of carbonyl (C=O) groups excluding carboxylic acids is 2. The predicted octanol–water partition coefficient (Wildman–Crippen LogP) is 2.33. The van der Waals surface area contributed by atoms with Crippen LogP contribution in [-0.2, 0) is 4.79 Å². The lowest BCUT2D eigenvalue weighted by Gasteiger charge is -2.37. The minimum Gasteiger partial charge on any atom is -0.482 e. The molecule has 1 atom stereocenters. The van der Waals surface area contributed by atoms with Gasteiger partial charge in [0.1, 0.15) is 5.75 Å². The first kappa shape index (κ1) is 22.2. The van der Waals surface area contributed by atoms with Gasteiger partial charge in [0.25, 0.3) is 0 Å². The van der Waals surface area contributed by atoms with E-state index >= 15 is 0 Å². The Labute approximate surface area is 173 Å². The Morgan fingerprint density at radius 3 is 2.50 bits per heavy atom. The van der Waals surface area contributed by atoms with Crippen molar-refractivity contribution >= 4 is 17.6 Å². The van der Waals surface area contributed by atoms with Crippen molar-refractivity contribution in [2.24, 2.45) is 5.92 Å². The monoisotopic (exact) mass is 428 g/mol. The van der Waals surface area contributed by atoms with Gasteiger partial charge in [0.05, 0.1) is 11.6 Å². The van der Waals surface area contributed by atoms with Crippen LogP contribution in [0.25, 0.3) is 0 Å². The fraction of sp³-hybridized carbons (Fsp3) is 0.600. The molecule has 1 aromatic rings. The summed E-state index contributed by atoms with van der Waals surface area (Å²) in [5, 5.41) is 2.71. The average Bonchev–Trinajstić information content (AvgIpc) is 2.72. The zero-order valence-electron chi connectivity index (χ0n) is 17.0. The Morgan fingerprint density at radius 2 is 1.80 bits per heavy atom. The van der Waals surface area contributed by atoms with E-state index in [0.717, 1.165) is 19.6 Å². The maximum atomic E-state index is 12.5. The van der Waals surface area contributed by atoms with Gasteiger partial charge in [-0.1, -0.05) is 19.1 Å². The maximum absolute atomic E-state index is 12.5. The van der Waals surface area contributed by atoms with Gasteiger partial charge >= 0.3 is 12.2 Å². The zero-order chi connectivity index (χ0) is 21.7. The topological polar surface area (TPSA) is 65.1 Å². The van der Waals surface area contributed by atoms with Crippen LogP contribution in [0.15, 0.2) is 24.3 Å². The molecule has 2 aliphatic heterocycles. The Morgan fingerprint density at radius 1 is 1.10 bits per heavy atom. The number of amides is 3. The summed E-state index contributed by atoms with van der Waals surface area (Å²) in [6.07, 6.45) is -3.70. The quantitative estimate of drug-likeness (QED) is 0.722. The van der Waals surface area contributed by atoms with E-state index in [1.165, 1.54) is 4.90 Å². The Bertz CT molecular complexity index is 751. The van der Waals surface area contributed by atoms with E-state index in [-0.39, 0.29) is 23.6 Å². The highest BCUT2D eigenvalue weighted by Crippen LogP contribution is 2.30. The molecule has 2 aliphatic rings. The molecule has 10 heteroatoms. The van der Waals surface area contributed by atoms with Crippen LogP contribution in [0.2, 0.25) is 0 Å². The van der Waals surface area contributed by atoms with Gasteiger partial charge in [-0.05, 0) is 25.1 Å². The Kier molecular flexibility index (Phi) is 7.06. The third kappa shape index (κ3) is 5.78. The molecule has 2 heterocycles. The molecular weight excluding hydrogens is 401 g/mol. The summed E-state index contributed by atoms with van der Waals surface area (Å²) in [7, 11) is 0. The number of piperazine rings is 1. The molecule has 0 saturated carbocycles. The third-order valence-electron chi connectivity index (χ3n) is 5.32. The second-order valence-corrected chi connectivity index (χ2v) is 7.63. The number of nitrogens with zero attached hydrogens (tertiary/aromatic N) is 3. The van der Waals surface area contributed by atoms with Gasteiger partial charge < -0.3 is 15.0 Å². The predicted molar refractivity (Wildman–Crippen MR) is 106 cm³/mol. The molecule has 3 rings (SSSR count). The van der Waals surface area contributed by atoms with Crippen LogP contribution in [-0.4, -0.2) is 80.3 Å². The molecule has 1 unspecified atom stereocenters. The van der Waals surface area contributed by atoms with Crippen LogP contribution >= 0.6 is 0 Å². The smallest absolute Gasteiger partial charge is 0.422 e. The number of ether oxygens (including phenoxy) is 1. The van der Waals surface area contributed by atoms with E-state index in [1.807, 2.05) is 4.90 Å². The Balaban J connectivity index is 1.46. The van der Waals surface area contributed by atoms with Gasteiger partial charge in [-0.15, -0.1) is 0 Å². The molecule has 2 fully saturated rings. The molecular formula is C20H27F3N4O3. The number of benzene rings is 1. The first-order valence-corrected chi connectivity index (χ1v) is 10.1. The van der Waals surface area contributed by atoms with E-state index in [1.54, 1.807) is 31.2 Å². The summed E-state index contributed by atoms with van der Waals surface area (Å²) < 4.78 is 42.5. The first-order chi connectivity index (χ1) is 14.2. The van der Waals surface area contributed by atoms with Crippen molar-refractivity contribution in [2.45, 2.75) is 19.5 Å². The van der Waals surface area contributed by atoms with E-state index in [4.69, 9.17) is 4.74 Å². The standard InChI is InChI=1S/C20H27F3N4O3/c1-15-13-24-19(29)27(18(15)28)8-4-7-25-9-11-26(12-10-25)16-5-2-3-6-17(16)30-14-20(21,22)23/h2-3,5-6,15H,4,7-14H2,1H3,(H,24,29). The molecule has 0 spiro atoms. The number of hydrogen-bond donors (Lipinski definition) is 1. The summed E-state index contributed by atoms with van der Waals surface area (Å²) in [5.74, 6) is -0.114. The highest BCUT2D eigenvalue weighted by molar-refractivity contribution is 5.97. The summed E-state index contributed by atoms with van der Waals surface area (Å²) in [5.41, 5.74) is 0.658. The van der Waals surface area contributed by atoms with Crippen molar-refractivity contribution in [1.82, 2.24) is 15.1 Å². The van der Waals surface area contributed by atoms with E-state index < -0.39 is 12.8 Å². The fourth-order valence-corrected chi connectivity index (χ4v) is 3.67. The second kappa shape index (κ2) is 9.55. The van der Waals surface area contributed by atoms with Crippen molar-refractivity contribution in [1.29, 1.82) is 0 Å². The maximum Gasteiger partial charge on any atom is 0.422 e. The summed E-state index contributed by atoms with van der Waals surface area (Å²) in [4.78, 5) is 29.5. The van der Waals surface area contributed by atoms with Crippen molar-refractivity contribution in [3.05, 3.63) is 24.3 Å². The summed E-state index contributed by atoms with van der Waals surface area (Å²) in [6.45, 7) is 4.78. The molecule has 0 aromatic heterocycles. The van der Waals surface area contributed by atoms with Crippen LogP contribution in [0.4, 0.5) is 23.7 Å². The fourth-order valence-electron chi connectivity index (χ4n) is 3.67. The van der Waals surface area contributed by atoms with Crippen molar-refractivity contribution < 1.29 is 27.5 Å². The number of imide groups is 1. The molecule has 0 aliphatic carbocycles. The molecule has 166 valence electrons. The zero-order valence-corrected chi connectivity index (χ0v) is 17.0. The number of urea groups is 1. The molecule has 0 bridgehead atoms. The normalized spacial score (nSPS) is 21.0. The molecule has 30 heavy (non-hydrogen) atoms. The lowest BCUT2D eigenvalue weighted by atomic mass is 10.1. The molecule has 1 aromatic carbocycles. The number of anilines is 1. The number of nitrogens with one attached hydrogen (secondary N) is 1. The van der Waals surface area contributed by atoms with Gasteiger partial charge in [-0.3, -0.25) is 14.6 Å². The van der Waals surface area contributed by atoms with Crippen molar-refractivity contribution in [2.75, 3.05) is 57.3 Å². The van der Waals surface area contributed by atoms with Gasteiger partial charge in [0, 0.05) is 39.3 Å². The number of para-hydroxylation sites is 2. The lowest BCUT2D eigenvalue weighted by molar-refractivity contribution is -0.153. The largest absolute Gasteiger partial charge is 0.482 e. The minimum absolute atomic E-state index is 0.140. The number of hydrogen-bond acceptors (Lipinski definition) is 5. The first-order valence-electron chi connectivity index (χ1n) is 10.1. The lowest BCUT2D eigenvalue weighted by Crippen LogP contribution is -2.54. The Hall–Kier alpha value is -2.49. The van der Waals surface area contributed by atoms with Gasteiger partial charge in [-0.2, -0.15) is 13.2 Å². The number of halogens is 3. The SMILES string of the molecule is CC1CNC(=O)N(CCCN2CCN(c3ccccc3OCC(F)(F)F)CC2)C1=O. The molecule has 3 amide bonds. The van der Waals surface area contributed by atoms with Crippen LogP contribution in [0.3, 0.4) is 0 Å². The molecule has 1 N–H and O–H groups in total. The summed E-state index contributed by atoms with van der Waals surface area (Å²) in [6, 6.07) is 6.42. The number of alkyl halides is 3.